The van der Waals surface area contributed by atoms with E-state index in [1.165, 1.54) is 0 Å². The molecule has 0 saturated carbocycles. The Labute approximate surface area is 145 Å². The highest BCUT2D eigenvalue weighted by Gasteiger charge is 2.08. The first-order valence-corrected chi connectivity index (χ1v) is 8.56. The fourth-order valence-corrected chi connectivity index (χ4v) is 2.25. The van der Waals surface area contributed by atoms with Gasteiger partial charge in [0.15, 0.2) is 0 Å². The van der Waals surface area contributed by atoms with Crippen molar-refractivity contribution >= 4 is 0 Å². The molecule has 0 atom stereocenters. The zero-order valence-corrected chi connectivity index (χ0v) is 15.2. The lowest BCUT2D eigenvalue weighted by Gasteiger charge is -2.19. The monoisotopic (exact) mass is 328 g/mol. The largest absolute Gasteiger partial charge is 0.376 e. The molecule has 0 bridgehead atoms. The lowest BCUT2D eigenvalue weighted by molar-refractivity contribution is -0.00768. The molecule has 0 aliphatic carbocycles. The van der Waals surface area contributed by atoms with E-state index in [1.54, 1.807) is 0 Å². The Hall–Kier alpha value is -1.78. The fourth-order valence-electron chi connectivity index (χ4n) is 2.25. The van der Waals surface area contributed by atoms with Crippen molar-refractivity contribution in [2.24, 2.45) is 0 Å². The minimum atomic E-state index is -0.0605. The normalized spacial score (nSPS) is 11.7. The van der Waals surface area contributed by atoms with E-state index < -0.39 is 0 Å². The van der Waals surface area contributed by atoms with Crippen LogP contribution in [0.1, 0.15) is 45.0 Å². The van der Waals surface area contributed by atoms with Crippen LogP contribution < -0.4 is 0 Å². The summed E-state index contributed by atoms with van der Waals surface area (Å²) < 4.78 is 11.4. The molecule has 2 aromatic rings. The van der Waals surface area contributed by atoms with Crippen LogP contribution in [0.2, 0.25) is 0 Å². The van der Waals surface area contributed by atoms with Gasteiger partial charge in [0.1, 0.15) is 0 Å². The van der Waals surface area contributed by atoms with Gasteiger partial charge in [-0.3, -0.25) is 4.98 Å². The molecular formula is C20H28N2O2. The lowest BCUT2D eigenvalue weighted by atomic mass is 10.2. The number of pyridine rings is 2. The Kier molecular flexibility index (Phi) is 6.88. The molecule has 2 aromatic heterocycles. The number of rotatable bonds is 8. The first-order valence-electron chi connectivity index (χ1n) is 8.56. The Morgan fingerprint density at radius 3 is 2.25 bits per heavy atom. The summed E-state index contributed by atoms with van der Waals surface area (Å²) in [6.07, 6.45) is 2.01. The van der Waals surface area contributed by atoms with Crippen molar-refractivity contribution in [1.29, 1.82) is 0 Å². The Bertz CT molecular complexity index is 636. The molecule has 0 saturated heterocycles. The van der Waals surface area contributed by atoms with Crippen LogP contribution in [0, 0.1) is 6.92 Å². The molecule has 2 heterocycles. The molecule has 0 fully saturated rings. The van der Waals surface area contributed by atoms with Gasteiger partial charge in [0, 0.05) is 18.9 Å². The van der Waals surface area contributed by atoms with Crippen molar-refractivity contribution in [1.82, 2.24) is 9.97 Å². The van der Waals surface area contributed by atoms with Gasteiger partial charge in [0.2, 0.25) is 0 Å². The molecule has 0 aliphatic rings. The molecule has 0 N–H and O–H groups in total. The molecular weight excluding hydrogens is 300 g/mol. The van der Waals surface area contributed by atoms with Gasteiger partial charge in [-0.05, 0) is 64.8 Å². The second-order valence-electron chi connectivity index (χ2n) is 6.90. The number of ether oxygens (including phenoxy) is 2. The molecule has 0 radical (unpaired) electrons. The average Bonchev–Trinajstić information content (AvgIpc) is 2.53. The predicted molar refractivity (Wildman–Crippen MR) is 96.8 cm³/mol. The zero-order valence-electron chi connectivity index (χ0n) is 15.2. The van der Waals surface area contributed by atoms with Gasteiger partial charge >= 0.3 is 0 Å². The van der Waals surface area contributed by atoms with Gasteiger partial charge in [0.25, 0.3) is 0 Å². The number of aromatic nitrogens is 2. The molecule has 130 valence electrons. The third-order valence-corrected chi connectivity index (χ3v) is 3.43. The van der Waals surface area contributed by atoms with Crippen molar-refractivity contribution in [2.45, 2.75) is 52.7 Å². The maximum atomic E-state index is 5.73. The van der Waals surface area contributed by atoms with E-state index in [-0.39, 0.29) is 5.60 Å². The van der Waals surface area contributed by atoms with Crippen LogP contribution in [0.15, 0.2) is 36.4 Å². The van der Waals surface area contributed by atoms with Gasteiger partial charge in [-0.1, -0.05) is 12.1 Å². The lowest BCUT2D eigenvalue weighted by Crippen LogP contribution is -2.19. The molecule has 0 unspecified atom stereocenters. The topological polar surface area (TPSA) is 44.2 Å². The van der Waals surface area contributed by atoms with Crippen LogP contribution in [0.4, 0.5) is 0 Å². The number of nitrogens with zero attached hydrogens (tertiary/aromatic N) is 2. The summed E-state index contributed by atoms with van der Waals surface area (Å²) in [7, 11) is 0. The van der Waals surface area contributed by atoms with Gasteiger partial charge < -0.3 is 9.47 Å². The molecule has 0 amide bonds. The van der Waals surface area contributed by atoms with Gasteiger partial charge in [-0.25, -0.2) is 4.98 Å². The molecule has 4 nitrogen and oxygen atoms in total. The highest BCUT2D eigenvalue weighted by Crippen LogP contribution is 2.15. The van der Waals surface area contributed by atoms with E-state index in [1.807, 2.05) is 43.3 Å². The van der Waals surface area contributed by atoms with E-state index in [2.05, 4.69) is 30.7 Å². The third kappa shape index (κ3) is 6.77. The average molecular weight is 328 g/mol. The first kappa shape index (κ1) is 18.6. The van der Waals surface area contributed by atoms with Crippen molar-refractivity contribution in [3.63, 3.8) is 0 Å². The number of aryl methyl sites for hydroxylation is 1. The maximum absolute atomic E-state index is 5.73. The summed E-state index contributed by atoms with van der Waals surface area (Å²) in [6.45, 7) is 10.2. The van der Waals surface area contributed by atoms with E-state index >= 15 is 0 Å². The van der Waals surface area contributed by atoms with Crippen LogP contribution >= 0.6 is 0 Å². The smallest absolute Gasteiger partial charge is 0.0890 e. The molecule has 0 spiro atoms. The summed E-state index contributed by atoms with van der Waals surface area (Å²) in [5.74, 6) is 0. The summed E-state index contributed by atoms with van der Waals surface area (Å²) >= 11 is 0. The Morgan fingerprint density at radius 2 is 1.54 bits per heavy atom. The highest BCUT2D eigenvalue weighted by molar-refractivity contribution is 5.54. The van der Waals surface area contributed by atoms with Crippen LogP contribution in [0.5, 0.6) is 0 Å². The van der Waals surface area contributed by atoms with Crippen LogP contribution in [-0.2, 0) is 16.1 Å². The van der Waals surface area contributed by atoms with Crippen molar-refractivity contribution in [3.8, 4) is 11.4 Å². The standard InChI is InChI=1S/C20H28N2O2/c1-16-9-7-11-18(21-16)19-12-8-10-17(22-19)15-23-13-5-6-14-24-20(2,3)4/h7-12H,5-6,13-15H2,1-4H3. The molecule has 24 heavy (non-hydrogen) atoms. The molecule has 0 aliphatic heterocycles. The second kappa shape index (κ2) is 8.90. The second-order valence-corrected chi connectivity index (χ2v) is 6.90. The third-order valence-electron chi connectivity index (χ3n) is 3.43. The van der Waals surface area contributed by atoms with E-state index in [0.717, 1.165) is 48.8 Å². The minimum absolute atomic E-state index is 0.0605. The van der Waals surface area contributed by atoms with Gasteiger partial charge in [0.05, 0.1) is 29.3 Å². The summed E-state index contributed by atoms with van der Waals surface area (Å²) in [5.41, 5.74) is 3.65. The van der Waals surface area contributed by atoms with Crippen molar-refractivity contribution < 1.29 is 9.47 Å². The summed E-state index contributed by atoms with van der Waals surface area (Å²) in [6, 6.07) is 11.9. The molecule has 4 heteroatoms. The Balaban J connectivity index is 1.75. The van der Waals surface area contributed by atoms with Gasteiger partial charge in [-0.15, -0.1) is 0 Å². The molecule has 2 rings (SSSR count). The van der Waals surface area contributed by atoms with Gasteiger partial charge in [-0.2, -0.15) is 0 Å². The van der Waals surface area contributed by atoms with Crippen molar-refractivity contribution in [2.75, 3.05) is 13.2 Å². The fraction of sp³-hybridized carbons (Fsp3) is 0.500. The van der Waals surface area contributed by atoms with Crippen molar-refractivity contribution in [3.05, 3.63) is 47.8 Å². The van der Waals surface area contributed by atoms with E-state index in [4.69, 9.17) is 9.47 Å². The SMILES string of the molecule is Cc1cccc(-c2cccc(COCCCCOC(C)(C)C)n2)n1. The number of hydrogen-bond acceptors (Lipinski definition) is 4. The van der Waals surface area contributed by atoms with Crippen LogP contribution in [0.3, 0.4) is 0 Å². The van der Waals surface area contributed by atoms with Crippen LogP contribution in [-0.4, -0.2) is 28.8 Å². The van der Waals surface area contributed by atoms with E-state index in [9.17, 15) is 0 Å². The Morgan fingerprint density at radius 1 is 0.875 bits per heavy atom. The van der Waals surface area contributed by atoms with E-state index in [0.29, 0.717) is 6.61 Å². The highest BCUT2D eigenvalue weighted by atomic mass is 16.5. The maximum Gasteiger partial charge on any atom is 0.0890 e. The molecule has 0 aromatic carbocycles. The predicted octanol–water partition coefficient (Wildman–Crippen LogP) is 4.56. The summed E-state index contributed by atoms with van der Waals surface area (Å²) in [5, 5.41) is 0. The number of unbranched alkanes of at least 4 members (excludes halogenated alkanes) is 1. The van der Waals surface area contributed by atoms with Crippen LogP contribution in [0.25, 0.3) is 11.4 Å². The number of hydrogen-bond donors (Lipinski definition) is 0. The summed E-state index contributed by atoms with van der Waals surface area (Å²) in [4.78, 5) is 9.16. The quantitative estimate of drug-likeness (QED) is 0.666. The first-order chi connectivity index (χ1) is 11.4. The minimum Gasteiger partial charge on any atom is -0.376 e. The zero-order chi connectivity index (χ0) is 17.4.